The van der Waals surface area contributed by atoms with E-state index in [0.29, 0.717) is 12.8 Å². The number of imidazole rings is 1. The maximum absolute atomic E-state index is 10.8. The van der Waals surface area contributed by atoms with Crippen LogP contribution in [0.2, 0.25) is 0 Å². The molecule has 2 aromatic rings. The van der Waals surface area contributed by atoms with Gasteiger partial charge in [0.1, 0.15) is 11.6 Å². The van der Waals surface area contributed by atoms with E-state index in [1.165, 1.54) is 5.56 Å². The van der Waals surface area contributed by atoms with Gasteiger partial charge in [-0.3, -0.25) is 0 Å². The van der Waals surface area contributed by atoms with Gasteiger partial charge >= 0.3 is 0 Å². The summed E-state index contributed by atoms with van der Waals surface area (Å²) < 4.78 is 0. The maximum atomic E-state index is 10.8. The summed E-state index contributed by atoms with van der Waals surface area (Å²) >= 11 is 0. The maximum Gasteiger partial charge on any atom is 0.130 e. The van der Waals surface area contributed by atoms with Crippen molar-refractivity contribution in [1.29, 1.82) is 0 Å². The van der Waals surface area contributed by atoms with Crippen molar-refractivity contribution in [3.8, 4) is 0 Å². The molecule has 3 nitrogen and oxygen atoms in total. The van der Waals surface area contributed by atoms with E-state index in [1.54, 1.807) is 6.92 Å². The molecular weight excluding hydrogens is 188 g/mol. The van der Waals surface area contributed by atoms with E-state index in [0.717, 1.165) is 16.9 Å². The van der Waals surface area contributed by atoms with Crippen LogP contribution in [0.3, 0.4) is 0 Å². The number of fused-ring (bicyclic) bond motifs is 1. The molecular formula is C12H14N2O. The molecule has 0 aliphatic heterocycles. The van der Waals surface area contributed by atoms with Crippen LogP contribution >= 0.6 is 0 Å². The first-order chi connectivity index (χ1) is 7.15. The van der Waals surface area contributed by atoms with Gasteiger partial charge in [-0.15, -0.1) is 0 Å². The van der Waals surface area contributed by atoms with Gasteiger partial charge in [0.05, 0.1) is 11.0 Å². The van der Waals surface area contributed by atoms with E-state index >= 15 is 0 Å². The Morgan fingerprint density at radius 2 is 2.27 bits per heavy atom. The zero-order chi connectivity index (χ0) is 10.8. The molecule has 15 heavy (non-hydrogen) atoms. The number of hydrogen-bond donors (Lipinski definition) is 1. The van der Waals surface area contributed by atoms with Crippen LogP contribution in [-0.4, -0.2) is 15.8 Å². The van der Waals surface area contributed by atoms with Crippen molar-refractivity contribution in [2.75, 3.05) is 0 Å². The third kappa shape index (κ3) is 2.24. The zero-order valence-corrected chi connectivity index (χ0v) is 9.00. The Bertz CT molecular complexity index is 499. The summed E-state index contributed by atoms with van der Waals surface area (Å²) in [5, 5.41) is 0. The lowest BCUT2D eigenvalue weighted by molar-refractivity contribution is -0.117. The molecule has 0 atom stereocenters. The first-order valence-corrected chi connectivity index (χ1v) is 5.10. The Hall–Kier alpha value is -1.64. The van der Waals surface area contributed by atoms with Gasteiger partial charge in [-0.2, -0.15) is 0 Å². The Morgan fingerprint density at radius 1 is 1.47 bits per heavy atom. The molecule has 0 saturated heterocycles. The minimum atomic E-state index is 0.201. The van der Waals surface area contributed by atoms with Crippen molar-refractivity contribution >= 4 is 16.8 Å². The average Bonchev–Trinajstić information content (AvgIpc) is 2.56. The number of carbonyl (C=O) groups is 1. The standard InChI is InChI=1S/C12H14N2O/c1-8-3-5-10-11(7-8)14-12(13-10)6-4-9(2)15/h3,5,7H,4,6H2,1-2H3,(H,13,14). The van der Waals surface area contributed by atoms with Gasteiger partial charge in [0.25, 0.3) is 0 Å². The average molecular weight is 202 g/mol. The third-order valence-electron chi connectivity index (χ3n) is 2.40. The van der Waals surface area contributed by atoms with E-state index in [1.807, 2.05) is 12.1 Å². The number of aromatic nitrogens is 2. The smallest absolute Gasteiger partial charge is 0.130 e. The summed E-state index contributed by atoms with van der Waals surface area (Å²) in [4.78, 5) is 18.5. The number of hydrogen-bond acceptors (Lipinski definition) is 2. The van der Waals surface area contributed by atoms with Crippen LogP contribution in [-0.2, 0) is 11.2 Å². The Labute approximate surface area is 88.5 Å². The zero-order valence-electron chi connectivity index (χ0n) is 9.00. The van der Waals surface area contributed by atoms with Gasteiger partial charge in [-0.1, -0.05) is 6.07 Å². The molecule has 0 unspecified atom stereocenters. The predicted octanol–water partition coefficient (Wildman–Crippen LogP) is 2.39. The van der Waals surface area contributed by atoms with Gasteiger partial charge in [0, 0.05) is 12.8 Å². The summed E-state index contributed by atoms with van der Waals surface area (Å²) in [7, 11) is 0. The largest absolute Gasteiger partial charge is 0.342 e. The molecule has 0 radical (unpaired) electrons. The lowest BCUT2D eigenvalue weighted by Crippen LogP contribution is -1.95. The van der Waals surface area contributed by atoms with E-state index in [9.17, 15) is 4.79 Å². The predicted molar refractivity (Wildman–Crippen MR) is 59.8 cm³/mol. The molecule has 0 aliphatic carbocycles. The van der Waals surface area contributed by atoms with Crippen molar-refractivity contribution in [3.63, 3.8) is 0 Å². The number of Topliss-reactive ketones (excluding diaryl/α,β-unsaturated/α-hetero) is 1. The number of nitrogens with zero attached hydrogens (tertiary/aromatic N) is 1. The van der Waals surface area contributed by atoms with Crippen LogP contribution in [0, 0.1) is 6.92 Å². The Kier molecular flexibility index (Phi) is 2.54. The highest BCUT2D eigenvalue weighted by Gasteiger charge is 2.03. The first kappa shape index (κ1) is 9.90. The fourth-order valence-corrected chi connectivity index (χ4v) is 1.59. The van der Waals surface area contributed by atoms with Crippen LogP contribution in [0.4, 0.5) is 0 Å². The molecule has 1 aromatic carbocycles. The second kappa shape index (κ2) is 3.85. The SMILES string of the molecule is CC(=O)CCc1nc2ccc(C)cc2[nH]1. The molecule has 3 heteroatoms. The van der Waals surface area contributed by atoms with Gasteiger partial charge in [0.2, 0.25) is 0 Å². The molecule has 0 amide bonds. The van der Waals surface area contributed by atoms with Crippen molar-refractivity contribution in [1.82, 2.24) is 9.97 Å². The number of aryl methyl sites for hydroxylation is 2. The van der Waals surface area contributed by atoms with Crippen LogP contribution in [0.25, 0.3) is 11.0 Å². The highest BCUT2D eigenvalue weighted by molar-refractivity contribution is 5.77. The van der Waals surface area contributed by atoms with Crippen molar-refractivity contribution in [2.24, 2.45) is 0 Å². The minimum absolute atomic E-state index is 0.201. The van der Waals surface area contributed by atoms with Gasteiger partial charge < -0.3 is 9.78 Å². The molecule has 2 rings (SSSR count). The summed E-state index contributed by atoms with van der Waals surface area (Å²) in [5.41, 5.74) is 3.23. The second-order valence-electron chi connectivity index (χ2n) is 3.91. The topological polar surface area (TPSA) is 45.8 Å². The Balaban J connectivity index is 2.27. The molecule has 78 valence electrons. The normalized spacial score (nSPS) is 10.8. The van der Waals surface area contributed by atoms with E-state index in [-0.39, 0.29) is 5.78 Å². The summed E-state index contributed by atoms with van der Waals surface area (Å²) in [6, 6.07) is 6.11. The van der Waals surface area contributed by atoms with Crippen molar-refractivity contribution in [2.45, 2.75) is 26.7 Å². The molecule has 0 spiro atoms. The van der Waals surface area contributed by atoms with Gasteiger partial charge in [0.15, 0.2) is 0 Å². The minimum Gasteiger partial charge on any atom is -0.342 e. The fraction of sp³-hybridized carbons (Fsp3) is 0.333. The van der Waals surface area contributed by atoms with Gasteiger partial charge in [-0.05, 0) is 31.5 Å². The lowest BCUT2D eigenvalue weighted by atomic mass is 10.2. The number of H-pyrrole nitrogens is 1. The summed E-state index contributed by atoms with van der Waals surface area (Å²) in [6.45, 7) is 3.66. The number of ketones is 1. The van der Waals surface area contributed by atoms with Crippen LogP contribution < -0.4 is 0 Å². The number of carbonyl (C=O) groups excluding carboxylic acids is 1. The lowest BCUT2D eigenvalue weighted by Gasteiger charge is -1.91. The van der Waals surface area contributed by atoms with E-state index in [2.05, 4.69) is 23.0 Å². The van der Waals surface area contributed by atoms with Crippen LogP contribution in [0.15, 0.2) is 18.2 Å². The molecule has 1 N–H and O–H groups in total. The quantitative estimate of drug-likeness (QED) is 0.830. The molecule has 1 heterocycles. The molecule has 1 aromatic heterocycles. The van der Waals surface area contributed by atoms with Gasteiger partial charge in [-0.25, -0.2) is 4.98 Å². The monoisotopic (exact) mass is 202 g/mol. The highest BCUT2D eigenvalue weighted by atomic mass is 16.1. The molecule has 0 fully saturated rings. The molecule has 0 aliphatic rings. The summed E-state index contributed by atoms with van der Waals surface area (Å²) in [5.74, 6) is 1.09. The van der Waals surface area contributed by atoms with Crippen molar-refractivity contribution in [3.05, 3.63) is 29.6 Å². The number of nitrogens with one attached hydrogen (secondary N) is 1. The summed E-state index contributed by atoms with van der Waals surface area (Å²) in [6.07, 6.45) is 1.25. The second-order valence-corrected chi connectivity index (χ2v) is 3.91. The highest BCUT2D eigenvalue weighted by Crippen LogP contribution is 2.13. The fourth-order valence-electron chi connectivity index (χ4n) is 1.59. The third-order valence-corrected chi connectivity index (χ3v) is 2.40. The Morgan fingerprint density at radius 3 is 3.00 bits per heavy atom. The first-order valence-electron chi connectivity index (χ1n) is 5.10. The molecule has 0 bridgehead atoms. The van der Waals surface area contributed by atoms with Crippen molar-refractivity contribution < 1.29 is 4.79 Å². The number of benzene rings is 1. The molecule has 0 saturated carbocycles. The van der Waals surface area contributed by atoms with E-state index < -0.39 is 0 Å². The number of rotatable bonds is 3. The van der Waals surface area contributed by atoms with E-state index in [4.69, 9.17) is 0 Å². The van der Waals surface area contributed by atoms with Crippen LogP contribution in [0.1, 0.15) is 24.7 Å². The van der Waals surface area contributed by atoms with Crippen LogP contribution in [0.5, 0.6) is 0 Å². The number of aromatic amines is 1.